The fourth-order valence-corrected chi connectivity index (χ4v) is 4.03. The molecule has 7 heteroatoms. The number of carbonyl (C=O) groups is 1. The Kier molecular flexibility index (Phi) is 5.62. The lowest BCUT2D eigenvalue weighted by Gasteiger charge is -2.34. The molecule has 6 nitrogen and oxygen atoms in total. The maximum atomic E-state index is 12.1. The van der Waals surface area contributed by atoms with Gasteiger partial charge in [0.1, 0.15) is 0 Å². The van der Waals surface area contributed by atoms with E-state index >= 15 is 0 Å². The Bertz CT molecular complexity index is 458. The summed E-state index contributed by atoms with van der Waals surface area (Å²) in [7, 11) is -3.10. The zero-order valence-electron chi connectivity index (χ0n) is 13.0. The predicted octanol–water partition coefficient (Wildman–Crippen LogP) is 0.259. The van der Waals surface area contributed by atoms with Gasteiger partial charge in [-0.25, -0.2) is 8.42 Å². The van der Waals surface area contributed by atoms with Crippen LogP contribution in [0.25, 0.3) is 0 Å². The highest BCUT2D eigenvalue weighted by Gasteiger charge is 2.26. The lowest BCUT2D eigenvalue weighted by Crippen LogP contribution is -2.52. The van der Waals surface area contributed by atoms with E-state index in [0.717, 1.165) is 6.42 Å². The van der Waals surface area contributed by atoms with Gasteiger partial charge in [0.25, 0.3) is 0 Å². The predicted molar refractivity (Wildman–Crippen MR) is 82.4 cm³/mol. The molecule has 0 spiro atoms. The molecule has 0 aromatic heterocycles. The summed E-state index contributed by atoms with van der Waals surface area (Å²) in [5.74, 6) is 0.631. The number of rotatable bonds is 4. The molecule has 2 rings (SSSR count). The Labute approximate surface area is 127 Å². The van der Waals surface area contributed by atoms with Crippen LogP contribution in [-0.4, -0.2) is 68.6 Å². The Balaban J connectivity index is 1.74. The topological polar surface area (TPSA) is 69.7 Å². The Morgan fingerprint density at radius 2 is 1.76 bits per heavy atom. The third kappa shape index (κ3) is 4.93. The molecule has 1 heterocycles. The average Bonchev–Trinajstić information content (AvgIpc) is 2.41. The van der Waals surface area contributed by atoms with E-state index in [-0.39, 0.29) is 5.91 Å². The largest absolute Gasteiger partial charge is 0.352 e. The van der Waals surface area contributed by atoms with Crippen LogP contribution >= 0.6 is 0 Å². The number of sulfonamides is 1. The van der Waals surface area contributed by atoms with E-state index in [1.165, 1.54) is 29.8 Å². The van der Waals surface area contributed by atoms with Crippen LogP contribution < -0.4 is 5.32 Å². The molecular formula is C14H27N3O3S. The molecule has 122 valence electrons. The lowest BCUT2D eigenvalue weighted by molar-refractivity contribution is -0.123. The van der Waals surface area contributed by atoms with Gasteiger partial charge in [-0.2, -0.15) is 4.31 Å². The van der Waals surface area contributed by atoms with Crippen molar-refractivity contribution in [3.8, 4) is 0 Å². The zero-order valence-corrected chi connectivity index (χ0v) is 13.9. The highest BCUT2D eigenvalue weighted by molar-refractivity contribution is 7.88. The molecule has 0 unspecified atom stereocenters. The van der Waals surface area contributed by atoms with Gasteiger partial charge >= 0.3 is 0 Å². The van der Waals surface area contributed by atoms with Gasteiger partial charge in [-0.15, -0.1) is 0 Å². The van der Waals surface area contributed by atoms with Gasteiger partial charge in [0.2, 0.25) is 15.9 Å². The molecule has 21 heavy (non-hydrogen) atoms. The SMILES string of the molecule is C[C@@H]1CCCC[C@H]1NC(=O)CN1CCN(S(C)(=O)=O)CC1. The lowest BCUT2D eigenvalue weighted by atomic mass is 9.86. The monoisotopic (exact) mass is 317 g/mol. The third-order valence-electron chi connectivity index (χ3n) is 4.63. The minimum absolute atomic E-state index is 0.0709. The zero-order chi connectivity index (χ0) is 15.5. The Morgan fingerprint density at radius 1 is 1.14 bits per heavy atom. The van der Waals surface area contributed by atoms with E-state index in [1.807, 2.05) is 4.90 Å². The van der Waals surface area contributed by atoms with Crippen molar-refractivity contribution in [3.63, 3.8) is 0 Å². The molecule has 0 aromatic carbocycles. The maximum Gasteiger partial charge on any atom is 0.234 e. The average molecular weight is 317 g/mol. The molecule has 1 aliphatic carbocycles. The summed E-state index contributed by atoms with van der Waals surface area (Å²) in [6.45, 7) is 4.79. The summed E-state index contributed by atoms with van der Waals surface area (Å²) in [4.78, 5) is 14.2. The van der Waals surface area contributed by atoms with Crippen LogP contribution in [-0.2, 0) is 14.8 Å². The number of piperazine rings is 1. The molecule has 2 atom stereocenters. The fraction of sp³-hybridized carbons (Fsp3) is 0.929. The minimum atomic E-state index is -3.10. The van der Waals surface area contributed by atoms with E-state index < -0.39 is 10.0 Å². The highest BCUT2D eigenvalue weighted by Crippen LogP contribution is 2.23. The molecule has 0 radical (unpaired) electrons. The number of carbonyl (C=O) groups excluding carboxylic acids is 1. The fourth-order valence-electron chi connectivity index (χ4n) is 3.21. The Morgan fingerprint density at radius 3 is 2.33 bits per heavy atom. The molecule has 1 saturated heterocycles. The first kappa shape index (κ1) is 16.7. The highest BCUT2D eigenvalue weighted by atomic mass is 32.2. The smallest absolute Gasteiger partial charge is 0.234 e. The van der Waals surface area contributed by atoms with Gasteiger partial charge in [-0.3, -0.25) is 9.69 Å². The van der Waals surface area contributed by atoms with Crippen LogP contribution in [0.5, 0.6) is 0 Å². The summed E-state index contributed by atoms with van der Waals surface area (Å²) < 4.78 is 24.4. The molecule has 1 amide bonds. The van der Waals surface area contributed by atoms with Gasteiger partial charge < -0.3 is 5.32 Å². The maximum absolute atomic E-state index is 12.1. The molecule has 1 aliphatic heterocycles. The quantitative estimate of drug-likeness (QED) is 0.807. The van der Waals surface area contributed by atoms with Crippen LogP contribution in [0.4, 0.5) is 0 Å². The molecule has 2 aliphatic rings. The van der Waals surface area contributed by atoms with Crippen molar-refractivity contribution in [1.82, 2.24) is 14.5 Å². The standard InChI is InChI=1S/C14H27N3O3S/c1-12-5-3-4-6-13(12)15-14(18)11-16-7-9-17(10-8-16)21(2,19)20/h12-13H,3-11H2,1-2H3,(H,15,18)/t12-,13-/m1/s1. The van der Waals surface area contributed by atoms with E-state index in [1.54, 1.807) is 0 Å². The van der Waals surface area contributed by atoms with Gasteiger partial charge in [-0.1, -0.05) is 19.8 Å². The minimum Gasteiger partial charge on any atom is -0.352 e. The first-order valence-electron chi connectivity index (χ1n) is 7.83. The van der Waals surface area contributed by atoms with Crippen molar-refractivity contribution in [2.75, 3.05) is 39.0 Å². The van der Waals surface area contributed by atoms with E-state index in [0.29, 0.717) is 44.7 Å². The van der Waals surface area contributed by atoms with Gasteiger partial charge in [0.05, 0.1) is 12.8 Å². The number of hydrogen-bond donors (Lipinski definition) is 1. The summed E-state index contributed by atoms with van der Waals surface area (Å²) >= 11 is 0. The number of nitrogens with one attached hydrogen (secondary N) is 1. The van der Waals surface area contributed by atoms with Gasteiger partial charge in [-0.05, 0) is 18.8 Å². The van der Waals surface area contributed by atoms with Crippen LogP contribution in [0.1, 0.15) is 32.6 Å². The van der Waals surface area contributed by atoms with Crippen LogP contribution in [0.3, 0.4) is 0 Å². The molecule has 0 bridgehead atoms. The summed E-state index contributed by atoms with van der Waals surface area (Å²) in [5, 5.41) is 3.14. The number of amides is 1. The molecule has 0 aromatic rings. The summed E-state index contributed by atoms with van der Waals surface area (Å²) in [6.07, 6.45) is 5.97. The van der Waals surface area contributed by atoms with E-state index in [4.69, 9.17) is 0 Å². The first-order valence-corrected chi connectivity index (χ1v) is 9.68. The van der Waals surface area contributed by atoms with Crippen molar-refractivity contribution in [2.45, 2.75) is 38.6 Å². The number of nitrogens with zero attached hydrogens (tertiary/aromatic N) is 2. The van der Waals surface area contributed by atoms with Crippen LogP contribution in [0, 0.1) is 5.92 Å². The Hall–Kier alpha value is -0.660. The normalized spacial score (nSPS) is 29.2. The van der Waals surface area contributed by atoms with Crippen LogP contribution in [0.2, 0.25) is 0 Å². The summed E-state index contributed by atoms with van der Waals surface area (Å²) in [5.41, 5.74) is 0. The summed E-state index contributed by atoms with van der Waals surface area (Å²) in [6, 6.07) is 0.309. The third-order valence-corrected chi connectivity index (χ3v) is 5.93. The molecule has 1 N–H and O–H groups in total. The molecular weight excluding hydrogens is 290 g/mol. The van der Waals surface area contributed by atoms with Crippen molar-refractivity contribution >= 4 is 15.9 Å². The second-order valence-corrected chi connectivity index (χ2v) is 8.36. The van der Waals surface area contributed by atoms with Crippen molar-refractivity contribution in [1.29, 1.82) is 0 Å². The second kappa shape index (κ2) is 7.07. The van der Waals surface area contributed by atoms with Crippen LogP contribution in [0.15, 0.2) is 0 Å². The number of hydrogen-bond acceptors (Lipinski definition) is 4. The molecule has 2 fully saturated rings. The van der Waals surface area contributed by atoms with Crippen molar-refractivity contribution in [2.24, 2.45) is 5.92 Å². The van der Waals surface area contributed by atoms with E-state index in [2.05, 4.69) is 12.2 Å². The van der Waals surface area contributed by atoms with Crippen molar-refractivity contribution < 1.29 is 13.2 Å². The van der Waals surface area contributed by atoms with E-state index in [9.17, 15) is 13.2 Å². The van der Waals surface area contributed by atoms with Crippen molar-refractivity contribution in [3.05, 3.63) is 0 Å². The second-order valence-electron chi connectivity index (χ2n) is 6.37. The first-order chi connectivity index (χ1) is 9.86. The van der Waals surface area contributed by atoms with Gasteiger partial charge in [0.15, 0.2) is 0 Å². The van der Waals surface area contributed by atoms with Gasteiger partial charge in [0, 0.05) is 32.2 Å². The molecule has 1 saturated carbocycles.